The minimum atomic E-state index is 0.415. The van der Waals surface area contributed by atoms with Crippen LogP contribution < -0.4 is 0 Å². The van der Waals surface area contributed by atoms with Crippen LogP contribution in [0.3, 0.4) is 0 Å². The van der Waals surface area contributed by atoms with Crippen molar-refractivity contribution in [2.75, 3.05) is 0 Å². The fourth-order valence-corrected chi connectivity index (χ4v) is 2.22. The van der Waals surface area contributed by atoms with Gasteiger partial charge in [0.25, 0.3) is 0 Å². The van der Waals surface area contributed by atoms with E-state index in [1.165, 1.54) is 10.3 Å². The molecular weight excluding hydrogens is 180 g/mol. The third-order valence-electron chi connectivity index (χ3n) is 1.82. The zero-order valence-corrected chi connectivity index (χ0v) is 8.06. The lowest BCUT2D eigenvalue weighted by atomic mass is 10.2. The first kappa shape index (κ1) is 8.21. The molecule has 13 heavy (non-hydrogen) atoms. The van der Waals surface area contributed by atoms with E-state index in [0.29, 0.717) is 6.42 Å². The van der Waals surface area contributed by atoms with Gasteiger partial charge >= 0.3 is 0 Å². The molecule has 0 bridgehead atoms. The van der Waals surface area contributed by atoms with Gasteiger partial charge in [-0.2, -0.15) is 5.26 Å². The maximum absolute atomic E-state index is 8.52. The Morgan fingerprint density at radius 3 is 3.15 bits per heavy atom. The summed E-state index contributed by atoms with van der Waals surface area (Å²) in [5.74, 6) is 0. The fourth-order valence-electron chi connectivity index (χ4n) is 1.22. The molecule has 2 rings (SSSR count). The van der Waals surface area contributed by atoms with Crippen molar-refractivity contribution in [1.82, 2.24) is 4.98 Å². The molecule has 0 unspecified atom stereocenters. The summed E-state index contributed by atoms with van der Waals surface area (Å²) in [6.45, 7) is 2.06. The Bertz CT molecular complexity index is 479. The molecule has 2 nitrogen and oxygen atoms in total. The van der Waals surface area contributed by atoms with Crippen molar-refractivity contribution in [3.05, 3.63) is 28.8 Å². The van der Waals surface area contributed by atoms with Gasteiger partial charge < -0.3 is 0 Å². The molecule has 0 saturated heterocycles. The molecule has 0 atom stereocenters. The van der Waals surface area contributed by atoms with E-state index in [2.05, 4.69) is 24.0 Å². The average molecular weight is 188 g/mol. The summed E-state index contributed by atoms with van der Waals surface area (Å²) >= 11 is 1.60. The van der Waals surface area contributed by atoms with E-state index in [4.69, 9.17) is 5.26 Å². The minimum Gasteiger partial charge on any atom is -0.240 e. The van der Waals surface area contributed by atoms with Crippen molar-refractivity contribution in [1.29, 1.82) is 5.26 Å². The summed E-state index contributed by atoms with van der Waals surface area (Å²) in [5, 5.41) is 9.42. The molecule has 0 spiro atoms. The zero-order valence-electron chi connectivity index (χ0n) is 7.24. The van der Waals surface area contributed by atoms with Crippen molar-refractivity contribution < 1.29 is 0 Å². The molecular formula is C10H8N2S. The molecule has 2 aromatic rings. The van der Waals surface area contributed by atoms with Crippen LogP contribution in [0.15, 0.2) is 18.2 Å². The average Bonchev–Trinajstić information content (AvgIpc) is 2.46. The largest absolute Gasteiger partial charge is 0.240 e. The summed E-state index contributed by atoms with van der Waals surface area (Å²) in [4.78, 5) is 4.34. The van der Waals surface area contributed by atoms with Gasteiger partial charge in [-0.3, -0.25) is 0 Å². The Labute approximate surface area is 80.5 Å². The Morgan fingerprint density at radius 1 is 1.54 bits per heavy atom. The van der Waals surface area contributed by atoms with E-state index >= 15 is 0 Å². The monoisotopic (exact) mass is 188 g/mol. The topological polar surface area (TPSA) is 36.7 Å². The highest BCUT2D eigenvalue weighted by Crippen LogP contribution is 2.23. The number of aryl methyl sites for hydroxylation is 1. The van der Waals surface area contributed by atoms with E-state index in [9.17, 15) is 0 Å². The van der Waals surface area contributed by atoms with Crippen LogP contribution in [0.25, 0.3) is 10.2 Å². The normalized spacial score (nSPS) is 10.2. The summed E-state index contributed by atoms with van der Waals surface area (Å²) in [6, 6.07) is 8.25. The van der Waals surface area contributed by atoms with Gasteiger partial charge in [0.15, 0.2) is 0 Å². The molecule has 0 fully saturated rings. The number of thiazole rings is 1. The molecule has 1 aromatic heterocycles. The highest BCUT2D eigenvalue weighted by Gasteiger charge is 2.02. The van der Waals surface area contributed by atoms with Crippen LogP contribution in [0.5, 0.6) is 0 Å². The van der Waals surface area contributed by atoms with Crippen molar-refractivity contribution in [2.45, 2.75) is 13.3 Å². The van der Waals surface area contributed by atoms with Crippen LogP contribution in [0.4, 0.5) is 0 Å². The van der Waals surface area contributed by atoms with E-state index in [1.54, 1.807) is 11.3 Å². The van der Waals surface area contributed by atoms with Crippen molar-refractivity contribution in [3.8, 4) is 6.07 Å². The molecule has 0 N–H and O–H groups in total. The summed E-state index contributed by atoms with van der Waals surface area (Å²) in [7, 11) is 0. The van der Waals surface area contributed by atoms with Crippen LogP contribution in [-0.4, -0.2) is 4.98 Å². The molecule has 64 valence electrons. The number of nitrogens with zero attached hydrogens (tertiary/aromatic N) is 2. The first-order valence-electron chi connectivity index (χ1n) is 4.02. The van der Waals surface area contributed by atoms with E-state index in [-0.39, 0.29) is 0 Å². The smallest absolute Gasteiger partial charge is 0.108 e. The lowest BCUT2D eigenvalue weighted by Crippen LogP contribution is -1.76. The van der Waals surface area contributed by atoms with Crippen LogP contribution >= 0.6 is 11.3 Å². The van der Waals surface area contributed by atoms with E-state index in [1.807, 2.05) is 12.1 Å². The second-order valence-electron chi connectivity index (χ2n) is 2.91. The predicted octanol–water partition coefficient (Wildman–Crippen LogP) is 2.67. The van der Waals surface area contributed by atoms with Gasteiger partial charge in [-0.15, -0.1) is 11.3 Å². The number of hydrogen-bond acceptors (Lipinski definition) is 3. The van der Waals surface area contributed by atoms with Crippen LogP contribution in [0.2, 0.25) is 0 Å². The second kappa shape index (κ2) is 3.15. The quantitative estimate of drug-likeness (QED) is 0.689. The standard InChI is InChI=1S/C10H8N2S/c1-7-2-3-8-9(6-7)13-10(12-8)4-5-11/h2-3,6H,4H2,1H3. The molecule has 3 heteroatoms. The Morgan fingerprint density at radius 2 is 2.38 bits per heavy atom. The van der Waals surface area contributed by atoms with Crippen LogP contribution in [-0.2, 0) is 6.42 Å². The Hall–Kier alpha value is -1.40. The molecule has 1 aromatic carbocycles. The zero-order chi connectivity index (χ0) is 9.26. The third-order valence-corrected chi connectivity index (χ3v) is 2.84. The highest BCUT2D eigenvalue weighted by atomic mass is 32.1. The fraction of sp³-hybridized carbons (Fsp3) is 0.200. The lowest BCUT2D eigenvalue weighted by Gasteiger charge is -1.88. The lowest BCUT2D eigenvalue weighted by molar-refractivity contribution is 1.21. The highest BCUT2D eigenvalue weighted by molar-refractivity contribution is 7.18. The summed E-state index contributed by atoms with van der Waals surface area (Å²) in [6.07, 6.45) is 0.415. The van der Waals surface area contributed by atoms with Gasteiger partial charge in [-0.1, -0.05) is 6.07 Å². The summed E-state index contributed by atoms with van der Waals surface area (Å²) < 4.78 is 1.17. The molecule has 0 aliphatic heterocycles. The van der Waals surface area contributed by atoms with Gasteiger partial charge in [-0.25, -0.2) is 4.98 Å². The van der Waals surface area contributed by atoms with Gasteiger partial charge in [0, 0.05) is 0 Å². The SMILES string of the molecule is Cc1ccc2nc(CC#N)sc2c1. The van der Waals surface area contributed by atoms with Crippen LogP contribution in [0.1, 0.15) is 10.6 Å². The van der Waals surface area contributed by atoms with E-state index in [0.717, 1.165) is 10.5 Å². The van der Waals surface area contributed by atoms with Crippen molar-refractivity contribution >= 4 is 21.6 Å². The van der Waals surface area contributed by atoms with Crippen LogP contribution in [0, 0.1) is 18.3 Å². The first-order chi connectivity index (χ1) is 6.29. The third kappa shape index (κ3) is 1.53. The predicted molar refractivity (Wildman–Crippen MR) is 53.7 cm³/mol. The van der Waals surface area contributed by atoms with Gasteiger partial charge in [-0.05, 0) is 24.6 Å². The molecule has 0 saturated carbocycles. The maximum atomic E-state index is 8.52. The molecule has 0 amide bonds. The number of hydrogen-bond donors (Lipinski definition) is 0. The number of nitriles is 1. The Balaban J connectivity index is 2.57. The first-order valence-corrected chi connectivity index (χ1v) is 4.84. The summed E-state index contributed by atoms with van der Waals surface area (Å²) in [5.41, 5.74) is 2.24. The number of benzene rings is 1. The second-order valence-corrected chi connectivity index (χ2v) is 4.03. The number of aromatic nitrogens is 1. The number of fused-ring (bicyclic) bond motifs is 1. The van der Waals surface area contributed by atoms with Crippen molar-refractivity contribution in [3.63, 3.8) is 0 Å². The van der Waals surface area contributed by atoms with E-state index < -0.39 is 0 Å². The Kier molecular flexibility index (Phi) is 1.99. The minimum absolute atomic E-state index is 0.415. The number of rotatable bonds is 1. The molecule has 0 aliphatic rings. The molecule has 0 aliphatic carbocycles. The van der Waals surface area contributed by atoms with Gasteiger partial charge in [0.2, 0.25) is 0 Å². The molecule has 1 heterocycles. The van der Waals surface area contributed by atoms with Gasteiger partial charge in [0.1, 0.15) is 5.01 Å². The van der Waals surface area contributed by atoms with Crippen molar-refractivity contribution in [2.24, 2.45) is 0 Å². The molecule has 0 radical (unpaired) electrons. The van der Waals surface area contributed by atoms with Gasteiger partial charge in [0.05, 0.1) is 22.7 Å². The maximum Gasteiger partial charge on any atom is 0.108 e.